The lowest BCUT2D eigenvalue weighted by Gasteiger charge is -2.16. The molecule has 0 atom stereocenters. The van der Waals surface area contributed by atoms with E-state index in [1.165, 1.54) is 10.6 Å². The highest BCUT2D eigenvalue weighted by atomic mass is 19.1. The van der Waals surface area contributed by atoms with Gasteiger partial charge >= 0.3 is 11.7 Å². The van der Waals surface area contributed by atoms with Crippen LogP contribution in [0.15, 0.2) is 58.1 Å². The van der Waals surface area contributed by atoms with E-state index in [1.807, 2.05) is 4.90 Å². The van der Waals surface area contributed by atoms with Gasteiger partial charge in [-0.2, -0.15) is 4.98 Å². The fraction of sp³-hybridized carbons (Fsp3) is 0.250. The van der Waals surface area contributed by atoms with E-state index >= 15 is 0 Å². The molecule has 0 aliphatic carbocycles. The summed E-state index contributed by atoms with van der Waals surface area (Å²) in [4.78, 5) is 44.8. The number of ether oxygens (including phenoxy) is 1. The molecule has 3 heterocycles. The summed E-state index contributed by atoms with van der Waals surface area (Å²) in [5.41, 5.74) is 0.963. The van der Waals surface area contributed by atoms with E-state index in [9.17, 15) is 18.8 Å². The summed E-state index contributed by atoms with van der Waals surface area (Å²) in [6.07, 6.45) is 0. The summed E-state index contributed by atoms with van der Waals surface area (Å²) in [6.45, 7) is 2.92. The van der Waals surface area contributed by atoms with Gasteiger partial charge in [0.2, 0.25) is 5.95 Å². The molecule has 0 bridgehead atoms. The number of aromatic nitrogens is 4. The maximum absolute atomic E-state index is 14.2. The first-order valence-electron chi connectivity index (χ1n) is 10.9. The predicted molar refractivity (Wildman–Crippen MR) is 124 cm³/mol. The van der Waals surface area contributed by atoms with Gasteiger partial charge in [-0.15, -0.1) is 0 Å². The SMILES string of the molecule is CCOC(=O)c1ccc(N2CCn3c2nc2c3c(=O)n(Cc3ccccc3F)c(=O)n2C)cc1. The summed E-state index contributed by atoms with van der Waals surface area (Å²) in [6, 6.07) is 13.0. The summed E-state index contributed by atoms with van der Waals surface area (Å²) in [5.74, 6) is -0.352. The molecule has 1 aliphatic rings. The first kappa shape index (κ1) is 21.6. The molecule has 0 spiro atoms. The molecule has 174 valence electrons. The first-order chi connectivity index (χ1) is 16.4. The van der Waals surface area contributed by atoms with E-state index in [4.69, 9.17) is 4.74 Å². The van der Waals surface area contributed by atoms with Gasteiger partial charge < -0.3 is 14.2 Å². The number of fused-ring (bicyclic) bond motifs is 3. The van der Waals surface area contributed by atoms with Gasteiger partial charge in [-0.1, -0.05) is 18.2 Å². The van der Waals surface area contributed by atoms with Crippen LogP contribution in [0.3, 0.4) is 0 Å². The Labute approximate surface area is 193 Å². The fourth-order valence-electron chi connectivity index (χ4n) is 4.25. The van der Waals surface area contributed by atoms with E-state index in [0.717, 1.165) is 10.3 Å². The molecular formula is C24H22FN5O4. The van der Waals surface area contributed by atoms with Crippen molar-refractivity contribution in [3.63, 3.8) is 0 Å². The van der Waals surface area contributed by atoms with Crippen LogP contribution in [0.1, 0.15) is 22.8 Å². The van der Waals surface area contributed by atoms with Crippen LogP contribution in [0.2, 0.25) is 0 Å². The highest BCUT2D eigenvalue weighted by Gasteiger charge is 2.29. The zero-order valence-corrected chi connectivity index (χ0v) is 18.7. The molecule has 0 saturated carbocycles. The standard InChI is InChI=1S/C24H22FN5O4/c1-3-34-22(32)15-8-10-17(11-9-15)28-12-13-29-19-20(26-23(28)29)27(2)24(33)30(21(19)31)14-16-6-4-5-7-18(16)25/h4-11H,3,12-14H2,1-2H3. The zero-order chi connectivity index (χ0) is 24.0. The number of hydrogen-bond acceptors (Lipinski definition) is 6. The molecule has 2 aromatic heterocycles. The van der Waals surface area contributed by atoms with E-state index in [-0.39, 0.29) is 17.8 Å². The zero-order valence-electron chi connectivity index (χ0n) is 18.7. The highest BCUT2D eigenvalue weighted by Crippen LogP contribution is 2.31. The summed E-state index contributed by atoms with van der Waals surface area (Å²) < 4.78 is 23.3. The molecule has 0 radical (unpaired) electrons. The average Bonchev–Trinajstić information content (AvgIpc) is 3.41. The van der Waals surface area contributed by atoms with Crippen LogP contribution in [0.4, 0.5) is 16.0 Å². The molecule has 34 heavy (non-hydrogen) atoms. The fourth-order valence-corrected chi connectivity index (χ4v) is 4.25. The summed E-state index contributed by atoms with van der Waals surface area (Å²) in [7, 11) is 1.54. The van der Waals surface area contributed by atoms with Crippen LogP contribution in [0, 0.1) is 5.82 Å². The van der Waals surface area contributed by atoms with Crippen LogP contribution >= 0.6 is 0 Å². The molecule has 0 N–H and O–H groups in total. The largest absolute Gasteiger partial charge is 0.462 e. The number of nitrogens with zero attached hydrogens (tertiary/aromatic N) is 5. The third-order valence-corrected chi connectivity index (χ3v) is 5.98. The second-order valence-corrected chi connectivity index (χ2v) is 7.98. The highest BCUT2D eigenvalue weighted by molar-refractivity contribution is 5.90. The molecule has 4 aromatic rings. The normalized spacial score (nSPS) is 12.9. The van der Waals surface area contributed by atoms with Crippen molar-refractivity contribution < 1.29 is 13.9 Å². The Hall–Kier alpha value is -4.21. The first-order valence-corrected chi connectivity index (χ1v) is 10.9. The quantitative estimate of drug-likeness (QED) is 0.422. The third kappa shape index (κ3) is 3.38. The number of imidazole rings is 1. The third-order valence-electron chi connectivity index (χ3n) is 5.98. The van der Waals surface area contributed by atoms with Gasteiger partial charge in [-0.05, 0) is 37.3 Å². The van der Waals surface area contributed by atoms with Gasteiger partial charge in [0.25, 0.3) is 5.56 Å². The van der Waals surface area contributed by atoms with Gasteiger partial charge in [-0.3, -0.25) is 13.9 Å². The van der Waals surface area contributed by atoms with Crippen molar-refractivity contribution in [1.29, 1.82) is 0 Å². The maximum atomic E-state index is 14.2. The van der Waals surface area contributed by atoms with Crippen LogP contribution in [-0.2, 0) is 24.9 Å². The Balaban J connectivity index is 1.58. The van der Waals surface area contributed by atoms with E-state index in [0.29, 0.717) is 36.7 Å². The number of carbonyl (C=O) groups is 1. The smallest absolute Gasteiger partial charge is 0.338 e. The molecular weight excluding hydrogens is 441 g/mol. The minimum atomic E-state index is -0.567. The van der Waals surface area contributed by atoms with Gasteiger partial charge in [0.1, 0.15) is 5.82 Å². The summed E-state index contributed by atoms with van der Waals surface area (Å²) in [5, 5.41) is 0. The molecule has 9 nitrogen and oxygen atoms in total. The Morgan fingerprint density at radius 2 is 1.82 bits per heavy atom. The van der Waals surface area contributed by atoms with Crippen molar-refractivity contribution >= 4 is 28.8 Å². The molecule has 0 saturated heterocycles. The Bertz CT molecular complexity index is 1530. The van der Waals surface area contributed by atoms with Crippen LogP contribution < -0.4 is 16.1 Å². The van der Waals surface area contributed by atoms with Crippen LogP contribution in [0.25, 0.3) is 11.2 Å². The van der Waals surface area contributed by atoms with Gasteiger partial charge in [0.05, 0.1) is 18.7 Å². The van der Waals surface area contributed by atoms with Crippen molar-refractivity contribution in [2.24, 2.45) is 7.05 Å². The maximum Gasteiger partial charge on any atom is 0.338 e. The van der Waals surface area contributed by atoms with Crippen molar-refractivity contribution in [2.75, 3.05) is 18.1 Å². The lowest BCUT2D eigenvalue weighted by atomic mass is 10.2. The molecule has 0 unspecified atom stereocenters. The van der Waals surface area contributed by atoms with E-state index in [1.54, 1.807) is 61.0 Å². The number of hydrogen-bond donors (Lipinski definition) is 0. The second kappa shape index (κ2) is 8.29. The Kier molecular flexibility index (Phi) is 5.27. The van der Waals surface area contributed by atoms with Gasteiger partial charge in [0.15, 0.2) is 11.2 Å². The monoisotopic (exact) mass is 463 g/mol. The van der Waals surface area contributed by atoms with Crippen LogP contribution in [0.5, 0.6) is 0 Å². The molecule has 0 fully saturated rings. The topological polar surface area (TPSA) is 91.4 Å². The molecule has 5 rings (SSSR count). The van der Waals surface area contributed by atoms with Crippen molar-refractivity contribution in [2.45, 2.75) is 20.0 Å². The number of rotatable bonds is 5. The van der Waals surface area contributed by atoms with Crippen LogP contribution in [-0.4, -0.2) is 37.8 Å². The van der Waals surface area contributed by atoms with E-state index in [2.05, 4.69) is 4.98 Å². The number of aryl methyl sites for hydroxylation is 1. The molecule has 0 amide bonds. The van der Waals surface area contributed by atoms with Crippen molar-refractivity contribution in [3.8, 4) is 0 Å². The number of benzene rings is 2. The predicted octanol–water partition coefficient (Wildman–Crippen LogP) is 2.41. The van der Waals surface area contributed by atoms with E-state index < -0.39 is 23.0 Å². The molecule has 1 aliphatic heterocycles. The molecule has 10 heteroatoms. The lowest BCUT2D eigenvalue weighted by Crippen LogP contribution is -2.40. The Morgan fingerprint density at radius 1 is 1.09 bits per heavy atom. The summed E-state index contributed by atoms with van der Waals surface area (Å²) >= 11 is 0. The van der Waals surface area contributed by atoms with Gasteiger partial charge in [0, 0.05) is 31.4 Å². The Morgan fingerprint density at radius 3 is 2.53 bits per heavy atom. The number of carbonyl (C=O) groups excluding carboxylic acids is 1. The number of anilines is 2. The van der Waals surface area contributed by atoms with Crippen molar-refractivity contribution in [3.05, 3.63) is 86.3 Å². The minimum Gasteiger partial charge on any atom is -0.462 e. The minimum absolute atomic E-state index is 0.173. The average molecular weight is 463 g/mol. The number of esters is 1. The second-order valence-electron chi connectivity index (χ2n) is 7.98. The number of halogens is 1. The lowest BCUT2D eigenvalue weighted by molar-refractivity contribution is 0.0526. The van der Waals surface area contributed by atoms with Gasteiger partial charge in [-0.25, -0.2) is 14.0 Å². The molecule has 2 aromatic carbocycles. The van der Waals surface area contributed by atoms with Crippen molar-refractivity contribution in [1.82, 2.24) is 18.7 Å².